The first-order valence-electron chi connectivity index (χ1n) is 14.2. The zero-order chi connectivity index (χ0) is 30.0. The molecular weight excluding hydrogens is 598 g/mol. The number of halogens is 1. The number of nitrogens with zero attached hydrogens (tertiary/aromatic N) is 3. The molecule has 3 aliphatic rings. The molecule has 1 aromatic heterocycles. The molecule has 0 saturated carbocycles. The van der Waals surface area contributed by atoms with E-state index in [2.05, 4.69) is 10.0 Å². The van der Waals surface area contributed by atoms with Crippen molar-refractivity contribution in [3.63, 3.8) is 0 Å². The van der Waals surface area contributed by atoms with Crippen molar-refractivity contribution < 1.29 is 22.8 Å². The summed E-state index contributed by atoms with van der Waals surface area (Å²) in [6.07, 6.45) is 9.49. The SMILES string of the molecule is CC(=O)N(C)C1=CCC(NC[C@@H]2CCCN2C(=O)CN2CCC[C@H](NS(=O)(=O)c3cc4cc(Cl)ccc4s3)C2=O)C=C1. The number of sulfonamides is 1. The molecule has 3 atom stereocenters. The zero-order valence-electron chi connectivity index (χ0n) is 23.7. The number of thiophene rings is 1. The minimum atomic E-state index is -3.93. The predicted octanol–water partition coefficient (Wildman–Crippen LogP) is 3.10. The summed E-state index contributed by atoms with van der Waals surface area (Å²) in [6.45, 7) is 3.14. The van der Waals surface area contributed by atoms with Crippen molar-refractivity contribution in [2.75, 3.05) is 33.2 Å². The highest BCUT2D eigenvalue weighted by Gasteiger charge is 2.36. The molecule has 13 heteroatoms. The van der Waals surface area contributed by atoms with Gasteiger partial charge in [0.05, 0.1) is 6.54 Å². The Balaban J connectivity index is 1.15. The first kappa shape index (κ1) is 30.7. The normalized spacial score (nSPS) is 23.0. The van der Waals surface area contributed by atoms with Crippen LogP contribution in [0.5, 0.6) is 0 Å². The van der Waals surface area contributed by atoms with Crippen LogP contribution in [0.25, 0.3) is 10.1 Å². The summed E-state index contributed by atoms with van der Waals surface area (Å²) < 4.78 is 29.8. The molecule has 10 nitrogen and oxygen atoms in total. The first-order valence-corrected chi connectivity index (χ1v) is 16.9. The second-order valence-corrected chi connectivity index (χ2v) is 14.5. The lowest BCUT2D eigenvalue weighted by Crippen LogP contribution is -2.55. The Bertz CT molecular complexity index is 1540. The standard InChI is InChI=1S/C29H36ClN5O5S2/c1-19(36)33(2)23-10-8-22(9-11-23)31-17-24-5-3-14-35(24)27(37)18-34-13-4-6-25(29(34)38)32-42(39,40)28-16-20-15-21(30)7-12-26(20)41-28/h7-8,10-12,15-16,22,24-25,31-32H,3-6,9,13-14,17-18H2,1-2H3/t22?,24-,25-/m0/s1. The highest BCUT2D eigenvalue weighted by atomic mass is 35.5. The third-order valence-electron chi connectivity index (χ3n) is 8.13. The van der Waals surface area contributed by atoms with Gasteiger partial charge in [-0.2, -0.15) is 4.72 Å². The Morgan fingerprint density at radius 1 is 1.17 bits per heavy atom. The lowest BCUT2D eigenvalue weighted by Gasteiger charge is -2.34. The molecule has 1 aliphatic carbocycles. The van der Waals surface area contributed by atoms with Crippen molar-refractivity contribution in [1.29, 1.82) is 0 Å². The fraction of sp³-hybridized carbons (Fsp3) is 0.483. The molecule has 3 amide bonds. The van der Waals surface area contributed by atoms with Gasteiger partial charge in [-0.05, 0) is 67.8 Å². The van der Waals surface area contributed by atoms with Crippen LogP contribution in [-0.4, -0.2) is 92.2 Å². The minimum Gasteiger partial charge on any atom is -0.337 e. The smallest absolute Gasteiger partial charge is 0.250 e. The topological polar surface area (TPSA) is 119 Å². The van der Waals surface area contributed by atoms with E-state index in [1.165, 1.54) is 11.8 Å². The number of nitrogens with one attached hydrogen (secondary N) is 2. The van der Waals surface area contributed by atoms with Crippen molar-refractivity contribution in [3.8, 4) is 0 Å². The zero-order valence-corrected chi connectivity index (χ0v) is 26.1. The van der Waals surface area contributed by atoms with Gasteiger partial charge < -0.3 is 20.0 Å². The van der Waals surface area contributed by atoms with Crippen LogP contribution in [0.1, 0.15) is 39.0 Å². The fourth-order valence-corrected chi connectivity index (χ4v) is 8.48. The van der Waals surface area contributed by atoms with Crippen LogP contribution in [0.4, 0.5) is 0 Å². The summed E-state index contributed by atoms with van der Waals surface area (Å²) >= 11 is 7.17. The van der Waals surface area contributed by atoms with E-state index in [9.17, 15) is 22.8 Å². The number of carbonyl (C=O) groups is 3. The largest absolute Gasteiger partial charge is 0.337 e. The van der Waals surface area contributed by atoms with Gasteiger partial charge in [0.2, 0.25) is 17.7 Å². The Labute approximate surface area is 255 Å². The van der Waals surface area contributed by atoms with Crippen LogP contribution in [0.15, 0.2) is 52.4 Å². The summed E-state index contributed by atoms with van der Waals surface area (Å²) in [5, 5.41) is 4.77. The molecule has 2 saturated heterocycles. The van der Waals surface area contributed by atoms with E-state index in [1.807, 2.05) is 23.1 Å². The molecule has 3 heterocycles. The number of allylic oxidation sites excluding steroid dienone is 1. The van der Waals surface area contributed by atoms with E-state index in [0.717, 1.165) is 46.4 Å². The van der Waals surface area contributed by atoms with Crippen LogP contribution < -0.4 is 10.0 Å². The van der Waals surface area contributed by atoms with Crippen LogP contribution in [0.3, 0.4) is 0 Å². The Kier molecular flexibility index (Phi) is 9.38. The molecule has 1 aromatic carbocycles. The summed E-state index contributed by atoms with van der Waals surface area (Å²) in [7, 11) is -2.18. The maximum atomic E-state index is 13.3. The van der Waals surface area contributed by atoms with Gasteiger partial charge in [-0.1, -0.05) is 23.8 Å². The van der Waals surface area contributed by atoms with Crippen molar-refractivity contribution >= 4 is 60.8 Å². The molecule has 2 aliphatic heterocycles. The van der Waals surface area contributed by atoms with Gasteiger partial charge in [0, 0.05) is 61.1 Å². The molecule has 2 fully saturated rings. The number of likely N-dealkylation sites (tertiary alicyclic amines) is 2. The molecule has 2 aromatic rings. The Morgan fingerprint density at radius 3 is 2.69 bits per heavy atom. The number of hydrogen-bond acceptors (Lipinski definition) is 7. The van der Waals surface area contributed by atoms with E-state index >= 15 is 0 Å². The second kappa shape index (κ2) is 12.8. The van der Waals surface area contributed by atoms with Crippen molar-refractivity contribution in [1.82, 2.24) is 24.7 Å². The summed E-state index contributed by atoms with van der Waals surface area (Å²) in [4.78, 5) is 43.2. The first-order chi connectivity index (χ1) is 20.0. The lowest BCUT2D eigenvalue weighted by atomic mass is 10.1. The van der Waals surface area contributed by atoms with Crippen molar-refractivity contribution in [3.05, 3.63) is 53.2 Å². The summed E-state index contributed by atoms with van der Waals surface area (Å²) in [5.74, 6) is -0.515. The van der Waals surface area contributed by atoms with Crippen molar-refractivity contribution in [2.45, 2.75) is 61.4 Å². The van der Waals surface area contributed by atoms with Gasteiger partial charge in [-0.15, -0.1) is 11.3 Å². The number of likely N-dealkylation sites (N-methyl/N-ethyl adjacent to an activating group) is 1. The number of carbonyl (C=O) groups excluding carboxylic acids is 3. The molecule has 226 valence electrons. The lowest BCUT2D eigenvalue weighted by molar-refractivity contribution is -0.143. The van der Waals surface area contributed by atoms with Crippen LogP contribution in [0, 0.1) is 0 Å². The van der Waals surface area contributed by atoms with Gasteiger partial charge in [-0.3, -0.25) is 14.4 Å². The molecule has 42 heavy (non-hydrogen) atoms. The summed E-state index contributed by atoms with van der Waals surface area (Å²) in [6, 6.07) is 5.97. The molecule has 0 spiro atoms. The summed E-state index contributed by atoms with van der Waals surface area (Å²) in [5.41, 5.74) is 0.874. The number of amides is 3. The highest BCUT2D eigenvalue weighted by Crippen LogP contribution is 2.31. The Morgan fingerprint density at radius 2 is 1.95 bits per heavy atom. The number of rotatable bonds is 9. The van der Waals surface area contributed by atoms with Gasteiger partial charge in [0.15, 0.2) is 0 Å². The molecule has 1 unspecified atom stereocenters. The van der Waals surface area contributed by atoms with Gasteiger partial charge in [-0.25, -0.2) is 8.42 Å². The second-order valence-electron chi connectivity index (χ2n) is 11.0. The average Bonchev–Trinajstić information content (AvgIpc) is 3.61. The maximum absolute atomic E-state index is 13.3. The average molecular weight is 634 g/mol. The number of benzene rings is 1. The van der Waals surface area contributed by atoms with Gasteiger partial charge in [0.25, 0.3) is 10.0 Å². The van der Waals surface area contributed by atoms with E-state index in [0.29, 0.717) is 37.5 Å². The van der Waals surface area contributed by atoms with Crippen LogP contribution in [0.2, 0.25) is 5.02 Å². The number of fused-ring (bicyclic) bond motifs is 1. The predicted molar refractivity (Wildman–Crippen MR) is 164 cm³/mol. The molecule has 2 N–H and O–H groups in total. The third-order valence-corrected chi connectivity index (χ3v) is 11.4. The molecule has 0 bridgehead atoms. The van der Waals surface area contributed by atoms with Gasteiger partial charge in [0.1, 0.15) is 10.3 Å². The molecule has 5 rings (SSSR count). The molecular formula is C29H36ClN5O5S2. The maximum Gasteiger partial charge on any atom is 0.250 e. The number of hydrogen-bond donors (Lipinski definition) is 2. The minimum absolute atomic E-state index is 0.0183. The van der Waals surface area contributed by atoms with E-state index < -0.39 is 16.1 Å². The highest BCUT2D eigenvalue weighted by molar-refractivity contribution is 7.91. The van der Waals surface area contributed by atoms with Crippen molar-refractivity contribution in [2.24, 2.45) is 0 Å². The number of piperidine rings is 1. The fourth-order valence-electron chi connectivity index (χ4n) is 5.68. The van der Waals surface area contributed by atoms with Crippen LogP contribution >= 0.6 is 22.9 Å². The Hall–Kier alpha value is -2.77. The van der Waals surface area contributed by atoms with E-state index in [4.69, 9.17) is 11.6 Å². The van der Waals surface area contributed by atoms with E-state index in [1.54, 1.807) is 36.2 Å². The van der Waals surface area contributed by atoms with Gasteiger partial charge >= 0.3 is 0 Å². The third kappa shape index (κ3) is 6.89. The molecule has 0 radical (unpaired) electrons. The van der Waals surface area contributed by atoms with E-state index in [-0.39, 0.29) is 40.6 Å². The van der Waals surface area contributed by atoms with Crippen LogP contribution in [-0.2, 0) is 24.4 Å². The monoisotopic (exact) mass is 633 g/mol. The quantitative estimate of drug-likeness (QED) is 0.438.